The topological polar surface area (TPSA) is 78.8 Å². The first-order valence-electron chi connectivity index (χ1n) is 9.57. The highest BCUT2D eigenvalue weighted by molar-refractivity contribution is 7.15. The molecule has 1 unspecified atom stereocenters. The second-order valence-electron chi connectivity index (χ2n) is 6.72. The van der Waals surface area contributed by atoms with E-state index in [1.165, 1.54) is 11.3 Å². The minimum absolute atomic E-state index is 0.0512. The Labute approximate surface area is 189 Å². The van der Waals surface area contributed by atoms with Crippen molar-refractivity contribution in [3.8, 4) is 11.1 Å². The van der Waals surface area contributed by atoms with Gasteiger partial charge in [0.1, 0.15) is 16.6 Å². The molecule has 0 fully saturated rings. The number of carboxylic acids is 1. The van der Waals surface area contributed by atoms with Gasteiger partial charge in [-0.05, 0) is 42.7 Å². The third kappa shape index (κ3) is 5.48. The van der Waals surface area contributed by atoms with Crippen molar-refractivity contribution < 1.29 is 14.7 Å². The molecule has 5 nitrogen and oxygen atoms in total. The summed E-state index contributed by atoms with van der Waals surface area (Å²) < 4.78 is 0. The number of halogens is 1. The Morgan fingerprint density at radius 1 is 1.13 bits per heavy atom. The van der Waals surface area contributed by atoms with Crippen LogP contribution in [0.3, 0.4) is 0 Å². The average molecular weight is 453 g/mol. The number of hydrogen-bond acceptors (Lipinski definition) is 4. The van der Waals surface area contributed by atoms with Gasteiger partial charge in [-0.1, -0.05) is 60.1 Å². The quantitative estimate of drug-likeness (QED) is 0.415. The van der Waals surface area contributed by atoms with Crippen LogP contribution in [-0.4, -0.2) is 29.2 Å². The lowest BCUT2D eigenvalue weighted by Gasteiger charge is -2.09. The molecule has 7 heteroatoms. The van der Waals surface area contributed by atoms with E-state index in [0.29, 0.717) is 16.1 Å². The molecule has 2 N–H and O–H groups in total. The molecular formula is C24H21ClN2O3S. The SMILES string of the molecule is C/C=C(\C=N/C(C)C(=O)Nc1scc(-c2ccc(Cl)cc2)c1C(=O)O)c1ccccc1. The van der Waals surface area contributed by atoms with Crippen molar-refractivity contribution in [1.82, 2.24) is 0 Å². The summed E-state index contributed by atoms with van der Waals surface area (Å²) >= 11 is 7.09. The van der Waals surface area contributed by atoms with Crippen LogP contribution in [0.5, 0.6) is 0 Å². The molecule has 3 aromatic rings. The van der Waals surface area contributed by atoms with E-state index in [1.54, 1.807) is 42.8 Å². The van der Waals surface area contributed by atoms with Crippen LogP contribution in [0.4, 0.5) is 5.00 Å². The molecule has 0 saturated carbocycles. The Kier molecular flexibility index (Phi) is 7.39. The number of benzene rings is 2. The van der Waals surface area contributed by atoms with Crippen LogP contribution in [0, 0.1) is 0 Å². The second-order valence-corrected chi connectivity index (χ2v) is 8.04. The van der Waals surface area contributed by atoms with Gasteiger partial charge in [0.25, 0.3) is 0 Å². The van der Waals surface area contributed by atoms with E-state index in [-0.39, 0.29) is 16.5 Å². The van der Waals surface area contributed by atoms with Crippen molar-refractivity contribution in [2.75, 3.05) is 5.32 Å². The number of nitrogens with zero attached hydrogens (tertiary/aromatic N) is 1. The molecule has 1 aromatic heterocycles. The number of anilines is 1. The molecular weight excluding hydrogens is 432 g/mol. The molecule has 0 bridgehead atoms. The number of thiophene rings is 1. The first-order valence-corrected chi connectivity index (χ1v) is 10.8. The van der Waals surface area contributed by atoms with E-state index in [4.69, 9.17) is 11.6 Å². The van der Waals surface area contributed by atoms with Crippen LogP contribution in [0.15, 0.2) is 71.0 Å². The number of carbonyl (C=O) groups excluding carboxylic acids is 1. The first kappa shape index (κ1) is 22.5. The van der Waals surface area contributed by atoms with E-state index in [9.17, 15) is 14.7 Å². The Hall–Kier alpha value is -3.22. The molecule has 0 aliphatic heterocycles. The van der Waals surface area contributed by atoms with E-state index in [2.05, 4.69) is 10.3 Å². The van der Waals surface area contributed by atoms with Crippen LogP contribution in [0.2, 0.25) is 5.02 Å². The van der Waals surface area contributed by atoms with Gasteiger partial charge in [0.05, 0.1) is 0 Å². The number of aromatic carboxylic acids is 1. The van der Waals surface area contributed by atoms with E-state index in [0.717, 1.165) is 11.1 Å². The van der Waals surface area contributed by atoms with Crippen LogP contribution in [-0.2, 0) is 4.79 Å². The third-order valence-electron chi connectivity index (χ3n) is 4.63. The van der Waals surface area contributed by atoms with E-state index >= 15 is 0 Å². The van der Waals surface area contributed by atoms with Crippen molar-refractivity contribution in [1.29, 1.82) is 0 Å². The van der Waals surface area contributed by atoms with Gasteiger partial charge in [0, 0.05) is 22.2 Å². The summed E-state index contributed by atoms with van der Waals surface area (Å²) in [6.07, 6.45) is 3.58. The molecule has 0 spiro atoms. The maximum Gasteiger partial charge on any atom is 0.339 e. The minimum Gasteiger partial charge on any atom is -0.478 e. The van der Waals surface area contributed by atoms with Crippen molar-refractivity contribution in [2.24, 2.45) is 4.99 Å². The molecule has 158 valence electrons. The fourth-order valence-electron chi connectivity index (χ4n) is 2.93. The van der Waals surface area contributed by atoms with Gasteiger partial charge in [0.2, 0.25) is 5.91 Å². The summed E-state index contributed by atoms with van der Waals surface area (Å²) in [5, 5.41) is 15.0. The second kappa shape index (κ2) is 10.2. The number of hydrogen-bond donors (Lipinski definition) is 2. The monoisotopic (exact) mass is 452 g/mol. The fourth-order valence-corrected chi connectivity index (χ4v) is 4.02. The number of carboxylic acid groups (broad SMARTS) is 1. The zero-order valence-corrected chi connectivity index (χ0v) is 18.6. The van der Waals surface area contributed by atoms with Gasteiger partial charge < -0.3 is 10.4 Å². The summed E-state index contributed by atoms with van der Waals surface area (Å²) in [4.78, 5) is 28.9. The molecule has 1 amide bonds. The largest absolute Gasteiger partial charge is 0.478 e. The molecule has 3 rings (SSSR count). The molecule has 0 aliphatic rings. The van der Waals surface area contributed by atoms with Gasteiger partial charge >= 0.3 is 5.97 Å². The molecule has 2 aromatic carbocycles. The van der Waals surface area contributed by atoms with E-state index < -0.39 is 12.0 Å². The molecule has 0 aliphatic carbocycles. The lowest BCUT2D eigenvalue weighted by atomic mass is 10.0. The summed E-state index contributed by atoms with van der Waals surface area (Å²) in [5.74, 6) is -1.50. The predicted molar refractivity (Wildman–Crippen MR) is 128 cm³/mol. The Bertz CT molecular complexity index is 1140. The fraction of sp³-hybridized carbons (Fsp3) is 0.125. The van der Waals surface area contributed by atoms with Crippen LogP contribution < -0.4 is 5.32 Å². The summed E-state index contributed by atoms with van der Waals surface area (Å²) in [6.45, 7) is 3.57. The lowest BCUT2D eigenvalue weighted by Crippen LogP contribution is -2.24. The van der Waals surface area contributed by atoms with Gasteiger partial charge in [-0.15, -0.1) is 11.3 Å². The summed E-state index contributed by atoms with van der Waals surface area (Å²) in [7, 11) is 0. The molecule has 0 radical (unpaired) electrons. The normalized spacial score (nSPS) is 12.7. The maximum atomic E-state index is 12.7. The number of rotatable bonds is 7. The van der Waals surface area contributed by atoms with Crippen LogP contribution >= 0.6 is 22.9 Å². The van der Waals surface area contributed by atoms with Gasteiger partial charge in [-0.3, -0.25) is 9.79 Å². The van der Waals surface area contributed by atoms with Crippen molar-refractivity contribution in [3.63, 3.8) is 0 Å². The van der Waals surface area contributed by atoms with Crippen molar-refractivity contribution >= 4 is 51.6 Å². The van der Waals surface area contributed by atoms with E-state index in [1.807, 2.05) is 43.3 Å². The van der Waals surface area contributed by atoms with Crippen LogP contribution in [0.1, 0.15) is 29.8 Å². The highest BCUT2D eigenvalue weighted by atomic mass is 35.5. The predicted octanol–water partition coefficient (Wildman–Crippen LogP) is 6.27. The zero-order valence-electron chi connectivity index (χ0n) is 17.0. The lowest BCUT2D eigenvalue weighted by molar-refractivity contribution is -0.116. The minimum atomic E-state index is -1.11. The highest BCUT2D eigenvalue weighted by Gasteiger charge is 2.22. The van der Waals surface area contributed by atoms with Gasteiger partial charge in [-0.25, -0.2) is 4.79 Å². The number of aliphatic imine (C=N–C) groups is 1. The molecule has 1 heterocycles. The standard InChI is InChI=1S/C24H21ClN2O3S/c1-3-16(17-7-5-4-6-8-17)13-26-15(2)22(28)27-23-21(24(29)30)20(14-31-23)18-9-11-19(25)12-10-18/h3-15H,1-2H3,(H,27,28)(H,29,30)/b16-3+,26-13-. The molecule has 1 atom stereocenters. The summed E-state index contributed by atoms with van der Waals surface area (Å²) in [6, 6.07) is 15.9. The zero-order chi connectivity index (χ0) is 22.4. The Balaban J connectivity index is 1.78. The number of carbonyl (C=O) groups is 2. The molecule has 0 saturated heterocycles. The smallest absolute Gasteiger partial charge is 0.339 e. The molecule has 31 heavy (non-hydrogen) atoms. The highest BCUT2D eigenvalue weighted by Crippen LogP contribution is 2.36. The Morgan fingerprint density at radius 2 is 1.81 bits per heavy atom. The van der Waals surface area contributed by atoms with Gasteiger partial charge in [-0.2, -0.15) is 0 Å². The third-order valence-corrected chi connectivity index (χ3v) is 5.78. The number of nitrogens with one attached hydrogen (secondary N) is 1. The van der Waals surface area contributed by atoms with Crippen LogP contribution in [0.25, 0.3) is 16.7 Å². The first-order chi connectivity index (χ1) is 14.9. The maximum absolute atomic E-state index is 12.7. The number of amides is 1. The average Bonchev–Trinajstić information content (AvgIpc) is 3.19. The Morgan fingerprint density at radius 3 is 2.42 bits per heavy atom. The number of allylic oxidation sites excluding steroid dienone is 2. The summed E-state index contributed by atoms with van der Waals surface area (Å²) in [5.41, 5.74) is 3.19. The van der Waals surface area contributed by atoms with Gasteiger partial charge in [0.15, 0.2) is 0 Å². The van der Waals surface area contributed by atoms with Crippen molar-refractivity contribution in [2.45, 2.75) is 19.9 Å². The van der Waals surface area contributed by atoms with Crippen molar-refractivity contribution in [3.05, 3.63) is 82.2 Å².